The molecule has 1 amide bonds. The third kappa shape index (κ3) is 2.85. The Morgan fingerprint density at radius 1 is 1.18 bits per heavy atom. The number of aryl methyl sites for hydroxylation is 1. The first-order chi connectivity index (χ1) is 10.5. The molecule has 0 radical (unpaired) electrons. The molecule has 0 aliphatic carbocycles. The zero-order valence-electron chi connectivity index (χ0n) is 11.7. The Balaban J connectivity index is 1.97. The van der Waals surface area contributed by atoms with E-state index in [9.17, 15) is 9.18 Å². The summed E-state index contributed by atoms with van der Waals surface area (Å²) < 4.78 is 13.9. The first-order valence-electron chi connectivity index (χ1n) is 6.67. The molecule has 110 valence electrons. The van der Waals surface area contributed by atoms with Crippen molar-refractivity contribution in [1.29, 1.82) is 0 Å². The molecule has 0 saturated heterocycles. The Morgan fingerprint density at radius 2 is 2.00 bits per heavy atom. The van der Waals surface area contributed by atoms with Gasteiger partial charge in [-0.05, 0) is 53.2 Å². The van der Waals surface area contributed by atoms with Gasteiger partial charge in [-0.1, -0.05) is 18.2 Å². The summed E-state index contributed by atoms with van der Waals surface area (Å²) in [6.45, 7) is 1.89. The number of halogens is 2. The highest BCUT2D eigenvalue weighted by Crippen LogP contribution is 2.23. The largest absolute Gasteiger partial charge is 0.320 e. The van der Waals surface area contributed by atoms with Crippen molar-refractivity contribution in [2.24, 2.45) is 0 Å². The number of carbonyl (C=O) groups is 1. The van der Waals surface area contributed by atoms with Gasteiger partial charge in [0, 0.05) is 16.6 Å². The summed E-state index contributed by atoms with van der Waals surface area (Å²) in [4.78, 5) is 16.7. The second kappa shape index (κ2) is 5.85. The Bertz CT molecular complexity index is 880. The van der Waals surface area contributed by atoms with Crippen LogP contribution in [0.3, 0.4) is 0 Å². The van der Waals surface area contributed by atoms with Crippen LogP contribution in [0.25, 0.3) is 10.9 Å². The number of para-hydroxylation sites is 1. The first-order valence-corrected chi connectivity index (χ1v) is 7.47. The van der Waals surface area contributed by atoms with Crippen LogP contribution in [0, 0.1) is 12.7 Å². The number of rotatable bonds is 2. The van der Waals surface area contributed by atoms with Crippen LogP contribution in [0.15, 0.2) is 53.0 Å². The molecule has 2 aromatic carbocycles. The Morgan fingerprint density at radius 3 is 2.77 bits per heavy atom. The fourth-order valence-electron chi connectivity index (χ4n) is 2.18. The lowest BCUT2D eigenvalue weighted by molar-refractivity contribution is 0.102. The quantitative estimate of drug-likeness (QED) is 0.721. The van der Waals surface area contributed by atoms with Gasteiger partial charge in [0.05, 0.1) is 15.7 Å². The van der Waals surface area contributed by atoms with Gasteiger partial charge in [0.2, 0.25) is 0 Å². The zero-order valence-corrected chi connectivity index (χ0v) is 13.3. The third-order valence-corrected chi connectivity index (χ3v) is 3.93. The summed E-state index contributed by atoms with van der Waals surface area (Å²) in [6.07, 6.45) is 0. The van der Waals surface area contributed by atoms with Crippen molar-refractivity contribution in [2.45, 2.75) is 6.92 Å². The Hall–Kier alpha value is -2.27. The van der Waals surface area contributed by atoms with Gasteiger partial charge in [0.15, 0.2) is 0 Å². The molecule has 1 heterocycles. The molecule has 0 unspecified atom stereocenters. The van der Waals surface area contributed by atoms with E-state index in [2.05, 4.69) is 26.2 Å². The van der Waals surface area contributed by atoms with Crippen molar-refractivity contribution >= 4 is 38.4 Å². The number of pyridine rings is 1. The summed E-state index contributed by atoms with van der Waals surface area (Å²) in [7, 11) is 0. The molecule has 0 bridgehead atoms. The van der Waals surface area contributed by atoms with Gasteiger partial charge in [-0.25, -0.2) is 4.39 Å². The first kappa shape index (κ1) is 14.7. The van der Waals surface area contributed by atoms with Crippen molar-refractivity contribution in [2.75, 3.05) is 5.32 Å². The molecule has 1 aromatic heterocycles. The van der Waals surface area contributed by atoms with Gasteiger partial charge in [0.1, 0.15) is 5.82 Å². The molecular weight excluding hydrogens is 347 g/mol. The topological polar surface area (TPSA) is 42.0 Å². The molecule has 1 N–H and O–H groups in total. The van der Waals surface area contributed by atoms with Crippen molar-refractivity contribution < 1.29 is 9.18 Å². The number of aromatic nitrogens is 1. The summed E-state index contributed by atoms with van der Waals surface area (Å²) >= 11 is 3.07. The van der Waals surface area contributed by atoms with Crippen LogP contribution in [0.5, 0.6) is 0 Å². The highest BCUT2D eigenvalue weighted by molar-refractivity contribution is 9.10. The number of nitrogens with zero attached hydrogens (tertiary/aromatic N) is 1. The second-order valence-corrected chi connectivity index (χ2v) is 5.77. The average Bonchev–Trinajstić information content (AvgIpc) is 2.50. The highest BCUT2D eigenvalue weighted by atomic mass is 79.9. The Kier molecular flexibility index (Phi) is 3.90. The number of amides is 1. The molecule has 5 heteroatoms. The SMILES string of the molecule is Cc1ccc2cccc(NC(=O)c3ccc(Br)c(F)c3)c2n1. The van der Waals surface area contributed by atoms with E-state index in [0.717, 1.165) is 11.1 Å². The number of hydrogen-bond donors (Lipinski definition) is 1. The minimum atomic E-state index is -0.473. The fraction of sp³-hybridized carbons (Fsp3) is 0.0588. The monoisotopic (exact) mass is 358 g/mol. The minimum absolute atomic E-state index is 0.255. The number of fused-ring (bicyclic) bond motifs is 1. The number of benzene rings is 2. The molecule has 0 spiro atoms. The van der Waals surface area contributed by atoms with Crippen molar-refractivity contribution in [3.63, 3.8) is 0 Å². The number of nitrogens with one attached hydrogen (secondary N) is 1. The molecule has 3 rings (SSSR count). The smallest absolute Gasteiger partial charge is 0.255 e. The zero-order chi connectivity index (χ0) is 15.7. The molecule has 0 fully saturated rings. The van der Waals surface area contributed by atoms with Gasteiger partial charge in [-0.2, -0.15) is 0 Å². The van der Waals surface area contributed by atoms with Gasteiger partial charge in [-0.3, -0.25) is 9.78 Å². The predicted octanol–water partition coefficient (Wildman–Crippen LogP) is 4.70. The van der Waals surface area contributed by atoms with Crippen LogP contribution < -0.4 is 5.32 Å². The van der Waals surface area contributed by atoms with Crippen molar-refractivity contribution in [3.05, 3.63) is 70.1 Å². The number of carbonyl (C=O) groups excluding carboxylic acids is 1. The van der Waals surface area contributed by atoms with E-state index in [1.807, 2.05) is 31.2 Å². The average molecular weight is 359 g/mol. The van der Waals surface area contributed by atoms with Crippen molar-refractivity contribution in [3.8, 4) is 0 Å². The summed E-state index contributed by atoms with van der Waals surface area (Å²) in [6, 6.07) is 13.7. The van der Waals surface area contributed by atoms with Crippen LogP contribution in [0.4, 0.5) is 10.1 Å². The molecule has 0 aliphatic rings. The minimum Gasteiger partial charge on any atom is -0.320 e. The standard InChI is InChI=1S/C17H12BrFN2O/c1-10-5-6-11-3-2-4-15(16(11)20-10)21-17(22)12-7-8-13(18)14(19)9-12/h2-9H,1H3,(H,21,22). The molecular formula is C17H12BrFN2O. The van der Waals surface area contributed by atoms with E-state index in [0.29, 0.717) is 15.7 Å². The molecule has 0 aliphatic heterocycles. The van der Waals surface area contributed by atoms with Gasteiger partial charge < -0.3 is 5.32 Å². The van der Waals surface area contributed by atoms with Crippen LogP contribution in [-0.4, -0.2) is 10.9 Å². The van der Waals surface area contributed by atoms with E-state index >= 15 is 0 Å². The lowest BCUT2D eigenvalue weighted by Gasteiger charge is -2.09. The maximum absolute atomic E-state index is 13.5. The normalized spacial score (nSPS) is 10.7. The van der Waals surface area contributed by atoms with Crippen LogP contribution in [-0.2, 0) is 0 Å². The number of anilines is 1. The van der Waals surface area contributed by atoms with E-state index in [1.165, 1.54) is 12.1 Å². The maximum Gasteiger partial charge on any atom is 0.255 e. The van der Waals surface area contributed by atoms with Gasteiger partial charge in [-0.15, -0.1) is 0 Å². The number of hydrogen-bond acceptors (Lipinski definition) is 2. The van der Waals surface area contributed by atoms with Gasteiger partial charge in [0.25, 0.3) is 5.91 Å². The summed E-state index contributed by atoms with van der Waals surface area (Å²) in [5, 5.41) is 3.73. The molecule has 0 atom stereocenters. The molecule has 3 aromatic rings. The highest BCUT2D eigenvalue weighted by Gasteiger charge is 2.11. The van der Waals surface area contributed by atoms with E-state index in [1.54, 1.807) is 12.1 Å². The van der Waals surface area contributed by atoms with Crippen molar-refractivity contribution in [1.82, 2.24) is 4.98 Å². The van der Waals surface area contributed by atoms with Gasteiger partial charge >= 0.3 is 0 Å². The molecule has 0 saturated carbocycles. The fourth-order valence-corrected chi connectivity index (χ4v) is 2.42. The summed E-state index contributed by atoms with van der Waals surface area (Å²) in [5.41, 5.74) is 2.44. The van der Waals surface area contributed by atoms with Crippen LogP contribution >= 0.6 is 15.9 Å². The molecule has 22 heavy (non-hydrogen) atoms. The van der Waals surface area contributed by atoms with Crippen LogP contribution in [0.2, 0.25) is 0 Å². The summed E-state index contributed by atoms with van der Waals surface area (Å²) in [5.74, 6) is -0.846. The lowest BCUT2D eigenvalue weighted by Crippen LogP contribution is -2.12. The maximum atomic E-state index is 13.5. The third-order valence-electron chi connectivity index (χ3n) is 3.29. The Labute approximate surface area is 135 Å². The van der Waals surface area contributed by atoms with Crippen LogP contribution in [0.1, 0.15) is 16.1 Å². The molecule has 3 nitrogen and oxygen atoms in total. The van der Waals surface area contributed by atoms with E-state index < -0.39 is 5.82 Å². The lowest BCUT2D eigenvalue weighted by atomic mass is 10.1. The predicted molar refractivity (Wildman–Crippen MR) is 88.5 cm³/mol. The van der Waals surface area contributed by atoms with E-state index in [4.69, 9.17) is 0 Å². The van der Waals surface area contributed by atoms with E-state index in [-0.39, 0.29) is 11.5 Å². The second-order valence-electron chi connectivity index (χ2n) is 4.91.